The number of piperidine rings is 1. The molecule has 0 aromatic heterocycles. The van der Waals surface area contributed by atoms with Gasteiger partial charge in [0.05, 0.1) is 0 Å². The number of nitrogens with zero attached hydrogens (tertiary/aromatic N) is 1. The fraction of sp³-hybridized carbons (Fsp3) is 0.381. The highest BCUT2D eigenvalue weighted by molar-refractivity contribution is 5.90. The van der Waals surface area contributed by atoms with Gasteiger partial charge in [-0.2, -0.15) is 0 Å². The van der Waals surface area contributed by atoms with Gasteiger partial charge in [0, 0.05) is 31.4 Å². The second-order valence-electron chi connectivity index (χ2n) is 6.88. The van der Waals surface area contributed by atoms with Crippen LogP contribution in [0.15, 0.2) is 48.5 Å². The van der Waals surface area contributed by atoms with Crippen molar-refractivity contribution < 1.29 is 4.79 Å². The summed E-state index contributed by atoms with van der Waals surface area (Å²) in [7, 11) is 0. The van der Waals surface area contributed by atoms with E-state index in [0.717, 1.165) is 43.7 Å². The minimum Gasteiger partial charge on any atom is -0.335 e. The third-order valence-corrected chi connectivity index (χ3v) is 5.02. The largest absolute Gasteiger partial charge is 0.335 e. The molecule has 3 rings (SSSR count). The highest BCUT2D eigenvalue weighted by Gasteiger charge is 2.20. The number of anilines is 1. The fourth-order valence-corrected chi connectivity index (χ4v) is 3.31. The molecule has 2 aromatic carbocycles. The summed E-state index contributed by atoms with van der Waals surface area (Å²) in [5.41, 5.74) is 4.54. The number of urea groups is 1. The highest BCUT2D eigenvalue weighted by atomic mass is 16.2. The van der Waals surface area contributed by atoms with Crippen molar-refractivity contribution >= 4 is 11.7 Å². The summed E-state index contributed by atoms with van der Waals surface area (Å²) in [4.78, 5) is 14.7. The van der Waals surface area contributed by atoms with Crippen molar-refractivity contribution in [3.63, 3.8) is 0 Å². The van der Waals surface area contributed by atoms with Gasteiger partial charge in [-0.1, -0.05) is 42.5 Å². The number of likely N-dealkylation sites (tertiary alicyclic amines) is 1. The first-order chi connectivity index (χ1) is 12.1. The summed E-state index contributed by atoms with van der Waals surface area (Å²) in [6.07, 6.45) is 1.99. The van der Waals surface area contributed by atoms with Crippen molar-refractivity contribution in [1.29, 1.82) is 0 Å². The van der Waals surface area contributed by atoms with E-state index in [1.807, 2.05) is 25.1 Å². The van der Waals surface area contributed by atoms with Gasteiger partial charge in [0.15, 0.2) is 0 Å². The number of aryl methyl sites for hydroxylation is 1. The molecular formula is C21H27N3O. The number of carbonyl (C=O) groups excluding carboxylic acids is 1. The van der Waals surface area contributed by atoms with Gasteiger partial charge in [0.25, 0.3) is 0 Å². The average Bonchev–Trinajstić information content (AvgIpc) is 2.62. The van der Waals surface area contributed by atoms with Crippen LogP contribution < -0.4 is 10.6 Å². The SMILES string of the molecule is Cc1cccc(NC(=O)NC2CCN(Cc3ccccc3)CC2)c1C. The maximum atomic E-state index is 12.3. The highest BCUT2D eigenvalue weighted by Crippen LogP contribution is 2.18. The number of hydrogen-bond donors (Lipinski definition) is 2. The lowest BCUT2D eigenvalue weighted by molar-refractivity contribution is 0.190. The Morgan fingerprint density at radius 3 is 2.48 bits per heavy atom. The molecule has 0 atom stereocenters. The zero-order valence-electron chi connectivity index (χ0n) is 15.1. The van der Waals surface area contributed by atoms with Crippen LogP contribution in [-0.2, 0) is 6.54 Å². The Labute approximate surface area is 150 Å². The molecule has 1 aliphatic heterocycles. The molecular weight excluding hydrogens is 310 g/mol. The van der Waals surface area contributed by atoms with Crippen molar-refractivity contribution in [3.8, 4) is 0 Å². The summed E-state index contributed by atoms with van der Waals surface area (Å²) < 4.78 is 0. The Bertz CT molecular complexity index is 706. The Morgan fingerprint density at radius 1 is 1.04 bits per heavy atom. The van der Waals surface area contributed by atoms with Crippen LogP contribution in [0, 0.1) is 13.8 Å². The van der Waals surface area contributed by atoms with E-state index >= 15 is 0 Å². The first-order valence-corrected chi connectivity index (χ1v) is 9.02. The van der Waals surface area contributed by atoms with E-state index in [-0.39, 0.29) is 12.1 Å². The molecule has 0 spiro atoms. The summed E-state index contributed by atoms with van der Waals surface area (Å²) in [6.45, 7) is 7.11. The van der Waals surface area contributed by atoms with E-state index in [2.05, 4.69) is 52.8 Å². The molecule has 0 unspecified atom stereocenters. The van der Waals surface area contributed by atoms with Crippen LogP contribution in [0.5, 0.6) is 0 Å². The van der Waals surface area contributed by atoms with E-state index in [9.17, 15) is 4.79 Å². The van der Waals surface area contributed by atoms with Crippen LogP contribution in [0.2, 0.25) is 0 Å². The van der Waals surface area contributed by atoms with E-state index < -0.39 is 0 Å². The molecule has 4 nitrogen and oxygen atoms in total. The van der Waals surface area contributed by atoms with Crippen molar-refractivity contribution in [2.75, 3.05) is 18.4 Å². The summed E-state index contributed by atoms with van der Waals surface area (Å²) >= 11 is 0. The predicted molar refractivity (Wildman–Crippen MR) is 103 cm³/mol. The van der Waals surface area contributed by atoms with Crippen LogP contribution in [0.4, 0.5) is 10.5 Å². The summed E-state index contributed by atoms with van der Waals surface area (Å²) in [5, 5.41) is 6.11. The molecule has 132 valence electrons. The third kappa shape index (κ3) is 4.83. The molecule has 0 radical (unpaired) electrons. The molecule has 2 aromatic rings. The standard InChI is InChI=1S/C21H27N3O/c1-16-7-6-10-20(17(16)2)23-21(25)22-19-11-13-24(14-12-19)15-18-8-4-3-5-9-18/h3-10,19H,11-15H2,1-2H3,(H2,22,23,25). The third-order valence-electron chi connectivity index (χ3n) is 5.02. The van der Waals surface area contributed by atoms with Gasteiger partial charge in [-0.25, -0.2) is 4.79 Å². The van der Waals surface area contributed by atoms with Crippen molar-refractivity contribution in [2.45, 2.75) is 39.3 Å². The second kappa shape index (κ2) is 8.17. The maximum Gasteiger partial charge on any atom is 0.319 e. The molecule has 1 aliphatic rings. The van der Waals surface area contributed by atoms with Crippen LogP contribution in [0.3, 0.4) is 0 Å². The first kappa shape index (κ1) is 17.5. The smallest absolute Gasteiger partial charge is 0.319 e. The first-order valence-electron chi connectivity index (χ1n) is 9.02. The Hall–Kier alpha value is -2.33. The molecule has 1 heterocycles. The molecule has 1 fully saturated rings. The normalized spacial score (nSPS) is 15.8. The van der Waals surface area contributed by atoms with Crippen molar-refractivity contribution in [2.24, 2.45) is 0 Å². The molecule has 2 N–H and O–H groups in total. The van der Waals surface area contributed by atoms with Crippen LogP contribution >= 0.6 is 0 Å². The van der Waals surface area contributed by atoms with Crippen LogP contribution in [0.1, 0.15) is 29.5 Å². The molecule has 4 heteroatoms. The molecule has 1 saturated heterocycles. The van der Waals surface area contributed by atoms with E-state index in [0.29, 0.717) is 0 Å². The lowest BCUT2D eigenvalue weighted by Gasteiger charge is -2.32. The predicted octanol–water partition coefficient (Wildman–Crippen LogP) is 4.09. The second-order valence-corrected chi connectivity index (χ2v) is 6.88. The lowest BCUT2D eigenvalue weighted by Crippen LogP contribution is -2.45. The number of carbonyl (C=O) groups is 1. The van der Waals surface area contributed by atoms with Crippen LogP contribution in [0.25, 0.3) is 0 Å². The van der Waals surface area contributed by atoms with Crippen molar-refractivity contribution in [3.05, 3.63) is 65.2 Å². The van der Waals surface area contributed by atoms with Gasteiger partial charge in [-0.15, -0.1) is 0 Å². The van der Waals surface area contributed by atoms with E-state index in [1.54, 1.807) is 0 Å². The lowest BCUT2D eigenvalue weighted by atomic mass is 10.0. The van der Waals surface area contributed by atoms with Gasteiger partial charge in [-0.3, -0.25) is 4.90 Å². The van der Waals surface area contributed by atoms with E-state index in [1.165, 1.54) is 11.1 Å². The molecule has 0 bridgehead atoms. The van der Waals surface area contributed by atoms with Gasteiger partial charge < -0.3 is 10.6 Å². The molecule has 0 aliphatic carbocycles. The summed E-state index contributed by atoms with van der Waals surface area (Å²) in [5.74, 6) is 0. The Kier molecular flexibility index (Phi) is 5.71. The maximum absolute atomic E-state index is 12.3. The number of hydrogen-bond acceptors (Lipinski definition) is 2. The van der Waals surface area contributed by atoms with Gasteiger partial charge in [-0.05, 0) is 49.4 Å². The molecule has 25 heavy (non-hydrogen) atoms. The number of benzene rings is 2. The number of rotatable bonds is 4. The van der Waals surface area contributed by atoms with Gasteiger partial charge in [0.1, 0.15) is 0 Å². The monoisotopic (exact) mass is 337 g/mol. The number of amides is 2. The fourth-order valence-electron chi connectivity index (χ4n) is 3.31. The Balaban J connectivity index is 1.45. The zero-order chi connectivity index (χ0) is 17.6. The van der Waals surface area contributed by atoms with Crippen molar-refractivity contribution in [1.82, 2.24) is 10.2 Å². The topological polar surface area (TPSA) is 44.4 Å². The van der Waals surface area contributed by atoms with Gasteiger partial charge >= 0.3 is 6.03 Å². The zero-order valence-corrected chi connectivity index (χ0v) is 15.1. The Morgan fingerprint density at radius 2 is 1.76 bits per heavy atom. The quantitative estimate of drug-likeness (QED) is 0.882. The van der Waals surface area contributed by atoms with Gasteiger partial charge in [0.2, 0.25) is 0 Å². The minimum absolute atomic E-state index is 0.102. The molecule has 0 saturated carbocycles. The summed E-state index contributed by atoms with van der Waals surface area (Å²) in [6, 6.07) is 16.7. The average molecular weight is 337 g/mol. The van der Waals surface area contributed by atoms with Crippen LogP contribution in [-0.4, -0.2) is 30.1 Å². The minimum atomic E-state index is -0.102. The number of nitrogens with one attached hydrogen (secondary N) is 2. The molecule has 2 amide bonds. The van der Waals surface area contributed by atoms with E-state index in [4.69, 9.17) is 0 Å².